The lowest BCUT2D eigenvalue weighted by Gasteiger charge is -2.08. The standard InChI is InChI=1S/C18H16ClFN2O2/c1-10(2)16(23)8-11-3-5-14(13(19)7-11)21-18-22-15-9-12(20)4-6-17(15)24-18/h3-7,9-10H,8H2,1-2H3,(H,21,22). The Bertz CT molecular complexity index is 905. The lowest BCUT2D eigenvalue weighted by atomic mass is 10.0. The van der Waals surface area contributed by atoms with E-state index in [1.54, 1.807) is 12.1 Å². The van der Waals surface area contributed by atoms with Gasteiger partial charge in [0.1, 0.15) is 17.1 Å². The van der Waals surface area contributed by atoms with Gasteiger partial charge in [-0.05, 0) is 29.8 Å². The third kappa shape index (κ3) is 3.57. The minimum absolute atomic E-state index is 0.0123. The van der Waals surface area contributed by atoms with Crippen LogP contribution in [0.4, 0.5) is 16.1 Å². The van der Waals surface area contributed by atoms with Crippen LogP contribution in [0.5, 0.6) is 0 Å². The van der Waals surface area contributed by atoms with Crippen LogP contribution in [-0.2, 0) is 11.2 Å². The fourth-order valence-corrected chi connectivity index (χ4v) is 2.49. The van der Waals surface area contributed by atoms with Crippen molar-refractivity contribution in [2.75, 3.05) is 5.32 Å². The zero-order chi connectivity index (χ0) is 17.3. The number of ketones is 1. The molecule has 4 nitrogen and oxygen atoms in total. The topological polar surface area (TPSA) is 55.1 Å². The molecule has 0 amide bonds. The molecule has 1 aromatic heterocycles. The van der Waals surface area contributed by atoms with Crippen LogP contribution < -0.4 is 5.32 Å². The zero-order valence-electron chi connectivity index (χ0n) is 13.3. The second kappa shape index (κ2) is 6.61. The number of halogens is 2. The normalized spacial score (nSPS) is 11.2. The first-order valence-electron chi connectivity index (χ1n) is 7.56. The average molecular weight is 347 g/mol. The van der Waals surface area contributed by atoms with Gasteiger partial charge in [0.05, 0.1) is 10.7 Å². The first-order valence-corrected chi connectivity index (χ1v) is 7.94. The zero-order valence-corrected chi connectivity index (χ0v) is 14.0. The van der Waals surface area contributed by atoms with Crippen molar-refractivity contribution in [2.45, 2.75) is 20.3 Å². The molecular weight excluding hydrogens is 331 g/mol. The molecule has 1 N–H and O–H groups in total. The van der Waals surface area contributed by atoms with Crippen molar-refractivity contribution >= 4 is 40.2 Å². The molecular formula is C18H16ClFN2O2. The molecule has 0 aliphatic rings. The Kier molecular flexibility index (Phi) is 4.53. The molecule has 0 aliphatic heterocycles. The smallest absolute Gasteiger partial charge is 0.300 e. The first-order chi connectivity index (χ1) is 11.4. The summed E-state index contributed by atoms with van der Waals surface area (Å²) < 4.78 is 18.7. The minimum atomic E-state index is -0.375. The molecule has 0 bridgehead atoms. The van der Waals surface area contributed by atoms with E-state index in [0.717, 1.165) is 5.56 Å². The predicted molar refractivity (Wildman–Crippen MR) is 92.3 cm³/mol. The Morgan fingerprint density at radius 3 is 2.79 bits per heavy atom. The molecule has 0 saturated carbocycles. The Balaban J connectivity index is 1.80. The number of rotatable bonds is 5. The maximum absolute atomic E-state index is 13.2. The Morgan fingerprint density at radius 1 is 1.29 bits per heavy atom. The number of oxazole rings is 1. The summed E-state index contributed by atoms with van der Waals surface area (Å²) in [6.07, 6.45) is 0.347. The number of benzene rings is 2. The van der Waals surface area contributed by atoms with Gasteiger partial charge in [-0.25, -0.2) is 4.39 Å². The van der Waals surface area contributed by atoms with Crippen LogP contribution in [0, 0.1) is 11.7 Å². The molecule has 1 heterocycles. The fourth-order valence-electron chi connectivity index (χ4n) is 2.24. The monoisotopic (exact) mass is 346 g/mol. The SMILES string of the molecule is CC(C)C(=O)Cc1ccc(Nc2nc3cc(F)ccc3o2)c(Cl)c1. The number of nitrogens with one attached hydrogen (secondary N) is 1. The molecule has 124 valence electrons. The molecule has 3 rings (SSSR count). The molecule has 2 aromatic carbocycles. The van der Waals surface area contributed by atoms with Crippen molar-refractivity contribution < 1.29 is 13.6 Å². The summed E-state index contributed by atoms with van der Waals surface area (Å²) in [6.45, 7) is 3.74. The van der Waals surface area contributed by atoms with Crippen LogP contribution in [0.3, 0.4) is 0 Å². The summed E-state index contributed by atoms with van der Waals surface area (Å²) in [5.41, 5.74) is 2.36. The van der Waals surface area contributed by atoms with E-state index in [9.17, 15) is 9.18 Å². The molecule has 0 spiro atoms. The van der Waals surface area contributed by atoms with Crippen molar-refractivity contribution in [3.05, 3.63) is 52.8 Å². The molecule has 0 aliphatic carbocycles. The minimum Gasteiger partial charge on any atom is -0.423 e. The summed E-state index contributed by atoms with van der Waals surface area (Å²) in [6, 6.07) is 9.69. The van der Waals surface area contributed by atoms with E-state index in [1.165, 1.54) is 18.2 Å². The van der Waals surface area contributed by atoms with Crippen LogP contribution in [0.15, 0.2) is 40.8 Å². The highest BCUT2D eigenvalue weighted by Gasteiger charge is 2.12. The molecule has 6 heteroatoms. The fraction of sp³-hybridized carbons (Fsp3) is 0.222. The number of hydrogen-bond donors (Lipinski definition) is 1. The molecule has 0 fully saturated rings. The van der Waals surface area contributed by atoms with Gasteiger partial charge in [0.2, 0.25) is 0 Å². The third-order valence-electron chi connectivity index (χ3n) is 3.65. The number of hydrogen-bond acceptors (Lipinski definition) is 4. The molecule has 0 radical (unpaired) electrons. The lowest BCUT2D eigenvalue weighted by molar-refractivity contribution is -0.121. The highest BCUT2D eigenvalue weighted by Crippen LogP contribution is 2.28. The van der Waals surface area contributed by atoms with Gasteiger partial charge in [0.15, 0.2) is 5.58 Å². The van der Waals surface area contributed by atoms with E-state index in [0.29, 0.717) is 28.2 Å². The Morgan fingerprint density at radius 2 is 2.08 bits per heavy atom. The predicted octanol–water partition coefficient (Wildman–Crippen LogP) is 5.13. The van der Waals surface area contributed by atoms with Crippen LogP contribution in [0.25, 0.3) is 11.1 Å². The molecule has 0 unspecified atom stereocenters. The Hall–Kier alpha value is -2.40. The van der Waals surface area contributed by atoms with E-state index in [4.69, 9.17) is 16.0 Å². The largest absolute Gasteiger partial charge is 0.423 e. The van der Waals surface area contributed by atoms with Gasteiger partial charge in [-0.3, -0.25) is 4.79 Å². The number of Topliss-reactive ketones (excluding diaryl/α,β-unsaturated/α-hetero) is 1. The molecule has 0 saturated heterocycles. The summed E-state index contributed by atoms with van der Waals surface area (Å²) >= 11 is 6.26. The van der Waals surface area contributed by atoms with E-state index < -0.39 is 0 Å². The van der Waals surface area contributed by atoms with Crippen molar-refractivity contribution in [3.63, 3.8) is 0 Å². The quantitative estimate of drug-likeness (QED) is 0.695. The van der Waals surface area contributed by atoms with Gasteiger partial charge in [0.25, 0.3) is 6.01 Å². The lowest BCUT2D eigenvalue weighted by Crippen LogP contribution is -2.10. The van der Waals surface area contributed by atoms with E-state index in [-0.39, 0.29) is 23.5 Å². The second-order valence-corrected chi connectivity index (χ2v) is 6.28. The highest BCUT2D eigenvalue weighted by atomic mass is 35.5. The number of anilines is 2. The van der Waals surface area contributed by atoms with Crippen LogP contribution in [-0.4, -0.2) is 10.8 Å². The van der Waals surface area contributed by atoms with Gasteiger partial charge in [-0.15, -0.1) is 0 Å². The maximum atomic E-state index is 13.2. The van der Waals surface area contributed by atoms with Crippen LogP contribution in [0.1, 0.15) is 19.4 Å². The summed E-state index contributed by atoms with van der Waals surface area (Å²) in [5, 5.41) is 3.42. The number of fused-ring (bicyclic) bond motifs is 1. The van der Waals surface area contributed by atoms with Crippen molar-refractivity contribution in [2.24, 2.45) is 5.92 Å². The van der Waals surface area contributed by atoms with Crippen molar-refractivity contribution in [1.82, 2.24) is 4.98 Å². The van der Waals surface area contributed by atoms with Crippen LogP contribution in [0.2, 0.25) is 5.02 Å². The number of carbonyl (C=O) groups is 1. The van der Waals surface area contributed by atoms with Gasteiger partial charge >= 0.3 is 0 Å². The summed E-state index contributed by atoms with van der Waals surface area (Å²) in [4.78, 5) is 16.0. The average Bonchev–Trinajstić information content (AvgIpc) is 2.91. The highest BCUT2D eigenvalue weighted by molar-refractivity contribution is 6.33. The summed E-state index contributed by atoms with van der Waals surface area (Å²) in [5.74, 6) is -0.228. The Labute approximate surface area is 143 Å². The molecule has 0 atom stereocenters. The number of nitrogens with zero attached hydrogens (tertiary/aromatic N) is 1. The number of carbonyl (C=O) groups excluding carboxylic acids is 1. The van der Waals surface area contributed by atoms with Crippen molar-refractivity contribution in [3.8, 4) is 0 Å². The van der Waals surface area contributed by atoms with Gasteiger partial charge in [-0.1, -0.05) is 31.5 Å². The summed E-state index contributed by atoms with van der Waals surface area (Å²) in [7, 11) is 0. The maximum Gasteiger partial charge on any atom is 0.300 e. The molecule has 24 heavy (non-hydrogen) atoms. The van der Waals surface area contributed by atoms with Gasteiger partial charge in [-0.2, -0.15) is 4.98 Å². The van der Waals surface area contributed by atoms with Gasteiger partial charge < -0.3 is 9.73 Å². The van der Waals surface area contributed by atoms with E-state index >= 15 is 0 Å². The second-order valence-electron chi connectivity index (χ2n) is 5.87. The van der Waals surface area contributed by atoms with Gasteiger partial charge in [0, 0.05) is 18.4 Å². The number of aromatic nitrogens is 1. The van der Waals surface area contributed by atoms with Crippen molar-refractivity contribution in [1.29, 1.82) is 0 Å². The van der Waals surface area contributed by atoms with E-state index in [1.807, 2.05) is 19.9 Å². The van der Waals surface area contributed by atoms with E-state index in [2.05, 4.69) is 10.3 Å². The first kappa shape index (κ1) is 16.5. The van der Waals surface area contributed by atoms with Crippen LogP contribution >= 0.6 is 11.6 Å². The molecule has 3 aromatic rings. The third-order valence-corrected chi connectivity index (χ3v) is 3.96.